The van der Waals surface area contributed by atoms with E-state index in [0.29, 0.717) is 18.1 Å². The summed E-state index contributed by atoms with van der Waals surface area (Å²) in [5, 5.41) is 0. The number of nitrogens with zero attached hydrogens (tertiary/aromatic N) is 1. The van der Waals surface area contributed by atoms with Crippen molar-refractivity contribution in [1.82, 2.24) is 4.98 Å². The van der Waals surface area contributed by atoms with Crippen LogP contribution in [0.3, 0.4) is 0 Å². The SMILES string of the molecule is C=C(OCC)c1ccc(F)c(OC)n1. The van der Waals surface area contributed by atoms with Crippen molar-refractivity contribution >= 4 is 5.76 Å². The highest BCUT2D eigenvalue weighted by molar-refractivity contribution is 5.53. The molecule has 0 saturated heterocycles. The van der Waals surface area contributed by atoms with E-state index in [1.165, 1.54) is 19.2 Å². The minimum atomic E-state index is -0.499. The van der Waals surface area contributed by atoms with Crippen molar-refractivity contribution in [1.29, 1.82) is 0 Å². The predicted octanol–water partition coefficient (Wildman–Crippen LogP) is 2.24. The summed E-state index contributed by atoms with van der Waals surface area (Å²) in [6, 6.07) is 2.77. The highest BCUT2D eigenvalue weighted by Crippen LogP contribution is 2.18. The lowest BCUT2D eigenvalue weighted by molar-refractivity contribution is 0.296. The molecule has 0 atom stereocenters. The van der Waals surface area contributed by atoms with Crippen LogP contribution in [0.2, 0.25) is 0 Å². The summed E-state index contributed by atoms with van der Waals surface area (Å²) >= 11 is 0. The molecule has 1 aromatic rings. The van der Waals surface area contributed by atoms with E-state index < -0.39 is 5.82 Å². The number of aromatic nitrogens is 1. The zero-order chi connectivity index (χ0) is 10.6. The Kier molecular flexibility index (Phi) is 3.45. The van der Waals surface area contributed by atoms with Crippen LogP contribution >= 0.6 is 0 Å². The standard InChI is InChI=1S/C10H12FNO2/c1-4-14-7(2)9-6-5-8(11)10(12-9)13-3/h5-6H,2,4H2,1,3H3. The van der Waals surface area contributed by atoms with Crippen LogP contribution in [0.4, 0.5) is 4.39 Å². The number of methoxy groups -OCH3 is 1. The first kappa shape index (κ1) is 10.5. The van der Waals surface area contributed by atoms with Gasteiger partial charge in [-0.1, -0.05) is 6.58 Å². The zero-order valence-corrected chi connectivity index (χ0v) is 8.21. The molecule has 76 valence electrons. The average molecular weight is 197 g/mol. The second kappa shape index (κ2) is 4.60. The average Bonchev–Trinajstić information content (AvgIpc) is 2.19. The van der Waals surface area contributed by atoms with Gasteiger partial charge in [0.2, 0.25) is 0 Å². The topological polar surface area (TPSA) is 31.4 Å². The number of halogens is 1. The monoisotopic (exact) mass is 197 g/mol. The van der Waals surface area contributed by atoms with E-state index in [1.807, 2.05) is 6.92 Å². The van der Waals surface area contributed by atoms with Gasteiger partial charge in [-0.3, -0.25) is 0 Å². The quantitative estimate of drug-likeness (QED) is 0.693. The Morgan fingerprint density at radius 3 is 2.86 bits per heavy atom. The first-order valence-electron chi connectivity index (χ1n) is 4.21. The van der Waals surface area contributed by atoms with Crippen molar-refractivity contribution < 1.29 is 13.9 Å². The summed E-state index contributed by atoms with van der Waals surface area (Å²) in [6.45, 7) is 6.00. The highest BCUT2D eigenvalue weighted by atomic mass is 19.1. The third-order valence-electron chi connectivity index (χ3n) is 1.61. The van der Waals surface area contributed by atoms with Crippen molar-refractivity contribution in [2.24, 2.45) is 0 Å². The van der Waals surface area contributed by atoms with Gasteiger partial charge in [0.05, 0.1) is 13.7 Å². The summed E-state index contributed by atoms with van der Waals surface area (Å²) in [5.74, 6) is -0.144. The summed E-state index contributed by atoms with van der Waals surface area (Å²) in [4.78, 5) is 3.89. The zero-order valence-electron chi connectivity index (χ0n) is 8.21. The summed E-state index contributed by atoms with van der Waals surface area (Å²) in [6.07, 6.45) is 0. The van der Waals surface area contributed by atoms with Gasteiger partial charge in [-0.15, -0.1) is 0 Å². The molecule has 0 aliphatic carbocycles. The molecular weight excluding hydrogens is 185 g/mol. The maximum Gasteiger partial charge on any atom is 0.250 e. The van der Waals surface area contributed by atoms with Crippen molar-refractivity contribution in [3.8, 4) is 5.88 Å². The van der Waals surface area contributed by atoms with Gasteiger partial charge in [0.25, 0.3) is 5.88 Å². The minimum absolute atomic E-state index is 0.0525. The first-order chi connectivity index (χ1) is 6.69. The Hall–Kier alpha value is -1.58. The number of ether oxygens (including phenoxy) is 2. The van der Waals surface area contributed by atoms with Crippen LogP contribution in [0, 0.1) is 5.82 Å². The Balaban J connectivity index is 2.94. The van der Waals surface area contributed by atoms with Gasteiger partial charge in [-0.25, -0.2) is 9.37 Å². The van der Waals surface area contributed by atoms with Crippen molar-refractivity contribution in [3.05, 3.63) is 30.2 Å². The van der Waals surface area contributed by atoms with E-state index in [1.54, 1.807) is 0 Å². The summed E-state index contributed by atoms with van der Waals surface area (Å²) in [5.41, 5.74) is 0.477. The Morgan fingerprint density at radius 1 is 1.57 bits per heavy atom. The van der Waals surface area contributed by atoms with Crippen LogP contribution in [0.15, 0.2) is 18.7 Å². The second-order valence-electron chi connectivity index (χ2n) is 2.54. The first-order valence-corrected chi connectivity index (χ1v) is 4.21. The Labute approximate surface area is 82.2 Å². The van der Waals surface area contributed by atoms with Crippen molar-refractivity contribution in [2.75, 3.05) is 13.7 Å². The smallest absolute Gasteiger partial charge is 0.250 e. The Bertz CT molecular complexity index is 339. The largest absolute Gasteiger partial charge is 0.492 e. The molecule has 0 amide bonds. The fourth-order valence-corrected chi connectivity index (χ4v) is 0.970. The van der Waals surface area contributed by atoms with Crippen molar-refractivity contribution in [2.45, 2.75) is 6.92 Å². The molecule has 0 aliphatic rings. The molecule has 14 heavy (non-hydrogen) atoms. The second-order valence-corrected chi connectivity index (χ2v) is 2.54. The normalized spacial score (nSPS) is 9.64. The van der Waals surface area contributed by atoms with Crippen LogP contribution in [-0.4, -0.2) is 18.7 Å². The lowest BCUT2D eigenvalue weighted by atomic mass is 10.3. The fourth-order valence-electron chi connectivity index (χ4n) is 0.970. The molecule has 0 N–H and O–H groups in total. The molecule has 1 aromatic heterocycles. The fraction of sp³-hybridized carbons (Fsp3) is 0.300. The Morgan fingerprint density at radius 2 is 2.29 bits per heavy atom. The molecule has 1 heterocycles. The predicted molar refractivity (Wildman–Crippen MR) is 51.4 cm³/mol. The molecule has 0 bridgehead atoms. The van der Waals surface area contributed by atoms with Crippen LogP contribution in [-0.2, 0) is 4.74 Å². The summed E-state index contributed by atoms with van der Waals surface area (Å²) in [7, 11) is 1.36. The van der Waals surface area contributed by atoms with E-state index in [-0.39, 0.29) is 5.88 Å². The summed E-state index contributed by atoms with van der Waals surface area (Å²) < 4.78 is 22.8. The van der Waals surface area contributed by atoms with Crippen LogP contribution in [0.25, 0.3) is 5.76 Å². The van der Waals surface area contributed by atoms with Gasteiger partial charge < -0.3 is 9.47 Å². The van der Waals surface area contributed by atoms with E-state index in [4.69, 9.17) is 9.47 Å². The molecule has 0 saturated carbocycles. The van der Waals surface area contributed by atoms with Gasteiger partial charge in [-0.2, -0.15) is 0 Å². The molecule has 4 heteroatoms. The van der Waals surface area contributed by atoms with E-state index >= 15 is 0 Å². The lowest BCUT2D eigenvalue weighted by Crippen LogP contribution is -1.98. The third-order valence-corrected chi connectivity index (χ3v) is 1.61. The van der Waals surface area contributed by atoms with Gasteiger partial charge >= 0.3 is 0 Å². The number of hydrogen-bond donors (Lipinski definition) is 0. The van der Waals surface area contributed by atoms with Gasteiger partial charge in [-0.05, 0) is 19.1 Å². The molecule has 0 aromatic carbocycles. The van der Waals surface area contributed by atoms with Crippen LogP contribution in [0.5, 0.6) is 5.88 Å². The molecule has 0 unspecified atom stereocenters. The number of hydrogen-bond acceptors (Lipinski definition) is 3. The minimum Gasteiger partial charge on any atom is -0.492 e. The van der Waals surface area contributed by atoms with Crippen molar-refractivity contribution in [3.63, 3.8) is 0 Å². The van der Waals surface area contributed by atoms with Gasteiger partial charge in [0.1, 0.15) is 11.5 Å². The third kappa shape index (κ3) is 2.22. The van der Waals surface area contributed by atoms with Crippen LogP contribution < -0.4 is 4.74 Å². The van der Waals surface area contributed by atoms with Gasteiger partial charge in [0.15, 0.2) is 5.82 Å². The molecule has 0 aliphatic heterocycles. The molecule has 0 fully saturated rings. The van der Waals surface area contributed by atoms with Gasteiger partial charge in [0, 0.05) is 0 Å². The molecule has 0 radical (unpaired) electrons. The van der Waals surface area contributed by atoms with E-state index in [0.717, 1.165) is 0 Å². The van der Waals surface area contributed by atoms with Crippen LogP contribution in [0.1, 0.15) is 12.6 Å². The maximum atomic E-state index is 13.0. The maximum absolute atomic E-state index is 13.0. The molecule has 0 spiro atoms. The van der Waals surface area contributed by atoms with E-state index in [2.05, 4.69) is 11.6 Å². The number of pyridine rings is 1. The van der Waals surface area contributed by atoms with E-state index in [9.17, 15) is 4.39 Å². The molecule has 1 rings (SSSR count). The molecule has 3 nitrogen and oxygen atoms in total. The highest BCUT2D eigenvalue weighted by Gasteiger charge is 2.07. The lowest BCUT2D eigenvalue weighted by Gasteiger charge is -2.07. The number of rotatable bonds is 4. The molecular formula is C10H12FNO2.